The first-order valence-corrected chi connectivity index (χ1v) is 10.9. The van der Waals surface area contributed by atoms with Crippen molar-refractivity contribution < 1.29 is 36.2 Å². The number of alkyl halides is 3. The van der Waals surface area contributed by atoms with E-state index in [0.717, 1.165) is 18.3 Å². The van der Waals surface area contributed by atoms with E-state index in [2.05, 4.69) is 16.6 Å². The minimum Gasteiger partial charge on any atom is -0.488 e. The fourth-order valence-electron chi connectivity index (χ4n) is 3.25. The standard InChI is InChI=1S/C20H22F3N3O5S/c1-5-19(3,28)15-10-31-17-14(32(29,30)25-15)9-26(4)16(17)18(27)24-12-7-6-11(2)13(8-12)20(21,22)23/h5-9,15,25,28H,1,10H2,2-4H3,(H,24,27)/t15-,19+/m1/s1. The van der Waals surface area contributed by atoms with Crippen molar-refractivity contribution >= 4 is 21.6 Å². The number of hydrogen-bond acceptors (Lipinski definition) is 5. The zero-order valence-electron chi connectivity index (χ0n) is 17.4. The maximum atomic E-state index is 13.2. The molecule has 3 rings (SSSR count). The fraction of sp³-hybridized carbons (Fsp3) is 0.350. The molecule has 12 heteroatoms. The van der Waals surface area contributed by atoms with Crippen LogP contribution in [0.5, 0.6) is 5.75 Å². The van der Waals surface area contributed by atoms with E-state index < -0.39 is 39.3 Å². The van der Waals surface area contributed by atoms with E-state index in [-0.39, 0.29) is 34.2 Å². The molecule has 1 aromatic heterocycles. The SMILES string of the molecule is C=C[C@](C)(O)[C@H]1COc2c(cn(C)c2C(=O)Nc2ccc(C)c(C(F)(F)F)c2)S(=O)(=O)N1. The lowest BCUT2D eigenvalue weighted by atomic mass is 9.98. The number of aromatic nitrogens is 1. The largest absolute Gasteiger partial charge is 0.488 e. The second kappa shape index (κ2) is 7.94. The van der Waals surface area contributed by atoms with Gasteiger partial charge in [0.25, 0.3) is 5.91 Å². The number of nitrogens with one attached hydrogen (secondary N) is 2. The van der Waals surface area contributed by atoms with Gasteiger partial charge in [-0.1, -0.05) is 12.1 Å². The van der Waals surface area contributed by atoms with Crippen molar-refractivity contribution in [2.24, 2.45) is 7.05 Å². The van der Waals surface area contributed by atoms with Gasteiger partial charge in [-0.15, -0.1) is 6.58 Å². The average molecular weight is 473 g/mol. The number of benzene rings is 1. The number of carbonyl (C=O) groups is 1. The van der Waals surface area contributed by atoms with Crippen LogP contribution < -0.4 is 14.8 Å². The highest BCUT2D eigenvalue weighted by Gasteiger charge is 2.40. The zero-order chi connectivity index (χ0) is 24.1. The Morgan fingerprint density at radius 1 is 1.41 bits per heavy atom. The van der Waals surface area contributed by atoms with E-state index in [1.54, 1.807) is 0 Å². The predicted molar refractivity (Wildman–Crippen MR) is 110 cm³/mol. The van der Waals surface area contributed by atoms with Crippen LogP contribution in [0.2, 0.25) is 0 Å². The second-order valence-corrected chi connectivity index (χ2v) is 9.36. The van der Waals surface area contributed by atoms with Crippen molar-refractivity contribution in [2.75, 3.05) is 11.9 Å². The number of sulfonamides is 1. The van der Waals surface area contributed by atoms with Crippen molar-refractivity contribution in [1.29, 1.82) is 0 Å². The number of ether oxygens (including phenoxy) is 1. The molecule has 32 heavy (non-hydrogen) atoms. The van der Waals surface area contributed by atoms with E-state index in [4.69, 9.17) is 4.74 Å². The molecule has 1 aliphatic rings. The van der Waals surface area contributed by atoms with Gasteiger partial charge in [0, 0.05) is 18.9 Å². The Hall–Kier alpha value is -2.83. The number of carbonyl (C=O) groups excluding carboxylic acids is 1. The van der Waals surface area contributed by atoms with E-state index in [0.29, 0.717) is 0 Å². The van der Waals surface area contributed by atoms with E-state index in [1.807, 2.05) is 0 Å². The van der Waals surface area contributed by atoms with Crippen LogP contribution in [0, 0.1) is 6.92 Å². The van der Waals surface area contributed by atoms with E-state index in [9.17, 15) is 31.5 Å². The molecule has 2 aromatic rings. The molecule has 0 aliphatic carbocycles. The molecule has 0 unspecified atom stereocenters. The van der Waals surface area contributed by atoms with Gasteiger partial charge in [0.05, 0.1) is 17.2 Å². The number of amides is 1. The highest BCUT2D eigenvalue weighted by Crippen LogP contribution is 2.36. The number of aliphatic hydroxyl groups is 1. The van der Waals surface area contributed by atoms with Gasteiger partial charge in [-0.2, -0.15) is 13.2 Å². The Kier molecular flexibility index (Phi) is 5.91. The van der Waals surface area contributed by atoms with Crippen LogP contribution in [0.3, 0.4) is 0 Å². The van der Waals surface area contributed by atoms with Crippen molar-refractivity contribution in [3.05, 3.63) is 53.9 Å². The summed E-state index contributed by atoms with van der Waals surface area (Å²) in [6.07, 6.45) is -2.30. The lowest BCUT2D eigenvalue weighted by molar-refractivity contribution is -0.138. The monoisotopic (exact) mass is 473 g/mol. The van der Waals surface area contributed by atoms with Crippen LogP contribution in [-0.4, -0.2) is 42.2 Å². The molecular formula is C20H22F3N3O5S. The van der Waals surface area contributed by atoms with Crippen LogP contribution in [0.25, 0.3) is 0 Å². The third-order valence-corrected chi connectivity index (χ3v) is 6.68. The Morgan fingerprint density at radius 2 is 2.06 bits per heavy atom. The van der Waals surface area contributed by atoms with Gasteiger partial charge in [0.15, 0.2) is 11.4 Å². The molecular weight excluding hydrogens is 451 g/mol. The van der Waals surface area contributed by atoms with Gasteiger partial charge in [-0.3, -0.25) is 4.79 Å². The molecule has 8 nitrogen and oxygen atoms in total. The molecule has 0 saturated heterocycles. The van der Waals surface area contributed by atoms with Crippen molar-refractivity contribution in [2.45, 2.75) is 36.6 Å². The first-order valence-electron chi connectivity index (χ1n) is 9.37. The molecule has 0 spiro atoms. The normalized spacial score (nSPS) is 19.8. The molecule has 0 radical (unpaired) electrons. The summed E-state index contributed by atoms with van der Waals surface area (Å²) in [6, 6.07) is 2.23. The summed E-state index contributed by atoms with van der Waals surface area (Å²) in [5, 5.41) is 12.7. The van der Waals surface area contributed by atoms with Gasteiger partial charge >= 0.3 is 6.18 Å². The molecule has 3 N–H and O–H groups in total. The summed E-state index contributed by atoms with van der Waals surface area (Å²) in [7, 11) is -2.79. The first kappa shape index (κ1) is 23.8. The Balaban J connectivity index is 1.98. The summed E-state index contributed by atoms with van der Waals surface area (Å²) in [5.41, 5.74) is -2.89. The summed E-state index contributed by atoms with van der Waals surface area (Å²) in [5.74, 6) is -1.14. The molecule has 1 aliphatic heterocycles. The van der Waals surface area contributed by atoms with Crippen molar-refractivity contribution in [1.82, 2.24) is 9.29 Å². The number of nitrogens with zero attached hydrogens (tertiary/aromatic N) is 1. The summed E-state index contributed by atoms with van der Waals surface area (Å²) in [6.45, 7) is 5.79. The number of rotatable bonds is 4. The number of hydrogen-bond donors (Lipinski definition) is 3. The fourth-order valence-corrected chi connectivity index (χ4v) is 4.75. The van der Waals surface area contributed by atoms with Gasteiger partial charge in [0.1, 0.15) is 11.5 Å². The third kappa shape index (κ3) is 4.38. The van der Waals surface area contributed by atoms with Crippen LogP contribution in [0.15, 0.2) is 41.9 Å². The molecule has 1 aromatic carbocycles. The minimum absolute atomic E-state index is 0.0101. The Labute approximate surface area is 182 Å². The van der Waals surface area contributed by atoms with Crippen molar-refractivity contribution in [3.8, 4) is 5.75 Å². The molecule has 1 amide bonds. The first-order chi connectivity index (χ1) is 14.7. The molecule has 2 atom stereocenters. The summed E-state index contributed by atoms with van der Waals surface area (Å²) < 4.78 is 74.2. The molecule has 2 heterocycles. The van der Waals surface area contributed by atoms with Crippen LogP contribution >= 0.6 is 0 Å². The number of halogens is 3. The Morgan fingerprint density at radius 3 is 2.66 bits per heavy atom. The van der Waals surface area contributed by atoms with E-state index >= 15 is 0 Å². The highest BCUT2D eigenvalue weighted by molar-refractivity contribution is 7.89. The van der Waals surface area contributed by atoms with E-state index in [1.165, 1.54) is 37.6 Å². The van der Waals surface area contributed by atoms with Gasteiger partial charge in [0.2, 0.25) is 10.0 Å². The summed E-state index contributed by atoms with van der Waals surface area (Å²) in [4.78, 5) is 12.6. The third-order valence-electron chi connectivity index (χ3n) is 5.22. The van der Waals surface area contributed by atoms with Gasteiger partial charge in [-0.25, -0.2) is 13.1 Å². The predicted octanol–water partition coefficient (Wildman–Crippen LogP) is 2.58. The van der Waals surface area contributed by atoms with Crippen LogP contribution in [-0.2, 0) is 23.2 Å². The average Bonchev–Trinajstić information content (AvgIpc) is 2.96. The van der Waals surface area contributed by atoms with Gasteiger partial charge < -0.3 is 19.7 Å². The Bertz CT molecular complexity index is 1190. The topological polar surface area (TPSA) is 110 Å². The number of aryl methyl sites for hydroxylation is 2. The van der Waals surface area contributed by atoms with Crippen LogP contribution in [0.1, 0.15) is 28.5 Å². The highest BCUT2D eigenvalue weighted by atomic mass is 32.2. The van der Waals surface area contributed by atoms with Crippen LogP contribution in [0.4, 0.5) is 18.9 Å². The molecule has 0 bridgehead atoms. The number of anilines is 1. The molecule has 174 valence electrons. The molecule has 0 saturated carbocycles. The maximum Gasteiger partial charge on any atom is 0.416 e. The second-order valence-electron chi connectivity index (χ2n) is 7.68. The summed E-state index contributed by atoms with van der Waals surface area (Å²) >= 11 is 0. The van der Waals surface area contributed by atoms with Gasteiger partial charge in [-0.05, 0) is 31.5 Å². The maximum absolute atomic E-state index is 13.2. The quantitative estimate of drug-likeness (QED) is 0.592. The lowest BCUT2D eigenvalue weighted by Gasteiger charge is -2.28. The smallest absolute Gasteiger partial charge is 0.416 e. The zero-order valence-corrected chi connectivity index (χ0v) is 18.3. The number of fused-ring (bicyclic) bond motifs is 1. The lowest BCUT2D eigenvalue weighted by Crippen LogP contribution is -2.51. The molecule has 0 fully saturated rings. The minimum atomic E-state index is -4.60. The van der Waals surface area contributed by atoms with Crippen molar-refractivity contribution in [3.63, 3.8) is 0 Å².